The first-order valence-electron chi connectivity index (χ1n) is 5.53. The molecule has 1 atom stereocenters. The molecule has 0 amide bonds. The van der Waals surface area contributed by atoms with Gasteiger partial charge in [-0.2, -0.15) is 0 Å². The Labute approximate surface area is 93.5 Å². The monoisotopic (exact) mass is 223 g/mol. The molecule has 1 saturated carbocycles. The third-order valence-electron chi connectivity index (χ3n) is 2.83. The Bertz CT molecular complexity index is 322. The first kappa shape index (κ1) is 10.8. The Kier molecular flexibility index (Phi) is 3.92. The summed E-state index contributed by atoms with van der Waals surface area (Å²) in [5, 5.41) is 3.43. The first-order valence-corrected chi connectivity index (χ1v) is 6.85. The van der Waals surface area contributed by atoms with Crippen molar-refractivity contribution in [3.63, 3.8) is 0 Å². The number of benzene rings is 1. The van der Waals surface area contributed by atoms with E-state index in [0.29, 0.717) is 6.04 Å². The molecule has 0 bridgehead atoms. The third-order valence-corrected chi connectivity index (χ3v) is 4.20. The summed E-state index contributed by atoms with van der Waals surface area (Å²) in [6, 6.07) is 10.4. The van der Waals surface area contributed by atoms with E-state index in [1.165, 1.54) is 19.3 Å². The zero-order valence-electron chi connectivity index (χ0n) is 8.82. The second-order valence-electron chi connectivity index (χ2n) is 3.94. The van der Waals surface area contributed by atoms with Crippen molar-refractivity contribution in [2.45, 2.75) is 30.2 Å². The van der Waals surface area contributed by atoms with E-state index >= 15 is 0 Å². The van der Waals surface area contributed by atoms with Crippen LogP contribution in [-0.2, 0) is 10.8 Å². The van der Waals surface area contributed by atoms with E-state index in [0.717, 1.165) is 17.2 Å². The summed E-state index contributed by atoms with van der Waals surface area (Å²) in [6.45, 7) is 0.867. The van der Waals surface area contributed by atoms with Crippen LogP contribution in [0.15, 0.2) is 35.2 Å². The van der Waals surface area contributed by atoms with Crippen molar-refractivity contribution in [1.82, 2.24) is 5.32 Å². The highest BCUT2D eigenvalue weighted by Gasteiger charge is 2.16. The Balaban J connectivity index is 1.72. The topological polar surface area (TPSA) is 29.1 Å². The van der Waals surface area contributed by atoms with Crippen LogP contribution in [0, 0.1) is 0 Å². The summed E-state index contributed by atoms with van der Waals surface area (Å²) in [6.07, 6.45) is 3.93. The molecule has 1 aliphatic carbocycles. The van der Waals surface area contributed by atoms with Crippen molar-refractivity contribution in [1.29, 1.82) is 0 Å². The molecule has 1 aromatic rings. The smallest absolute Gasteiger partial charge is 0.0542 e. The minimum atomic E-state index is -0.840. The van der Waals surface area contributed by atoms with Crippen molar-refractivity contribution in [3.8, 4) is 0 Å². The van der Waals surface area contributed by atoms with Crippen molar-refractivity contribution < 1.29 is 4.21 Å². The summed E-state index contributed by atoms with van der Waals surface area (Å²) in [7, 11) is -0.840. The van der Waals surface area contributed by atoms with E-state index in [9.17, 15) is 4.21 Å². The number of hydrogen-bond acceptors (Lipinski definition) is 2. The molecule has 2 rings (SSSR count). The lowest BCUT2D eigenvalue weighted by atomic mass is 9.93. The van der Waals surface area contributed by atoms with Gasteiger partial charge in [-0.25, -0.2) is 0 Å². The number of hydrogen-bond donors (Lipinski definition) is 1. The maximum atomic E-state index is 11.8. The van der Waals surface area contributed by atoms with Gasteiger partial charge in [-0.05, 0) is 25.0 Å². The second-order valence-corrected chi connectivity index (χ2v) is 5.52. The highest BCUT2D eigenvalue weighted by atomic mass is 32.2. The van der Waals surface area contributed by atoms with Gasteiger partial charge in [0, 0.05) is 23.2 Å². The van der Waals surface area contributed by atoms with Gasteiger partial charge in [-0.15, -0.1) is 0 Å². The Morgan fingerprint density at radius 1 is 1.27 bits per heavy atom. The van der Waals surface area contributed by atoms with Gasteiger partial charge in [-0.1, -0.05) is 24.6 Å². The van der Waals surface area contributed by atoms with Crippen molar-refractivity contribution in [2.75, 3.05) is 12.3 Å². The highest BCUT2D eigenvalue weighted by Crippen LogP contribution is 2.17. The Morgan fingerprint density at radius 3 is 2.60 bits per heavy atom. The van der Waals surface area contributed by atoms with Crippen LogP contribution in [0.3, 0.4) is 0 Å². The van der Waals surface area contributed by atoms with Crippen LogP contribution < -0.4 is 5.32 Å². The standard InChI is InChI=1S/C12H17NOS/c14-15(12-7-2-1-3-8-12)10-9-13-11-5-4-6-11/h1-3,7-8,11,13H,4-6,9-10H2. The minimum absolute atomic E-state index is 0.692. The van der Waals surface area contributed by atoms with E-state index in [2.05, 4.69) is 5.32 Å². The Morgan fingerprint density at radius 2 is 2.00 bits per heavy atom. The molecule has 1 aliphatic rings. The molecule has 1 aromatic carbocycles. The fourth-order valence-corrected chi connectivity index (χ4v) is 2.66. The zero-order chi connectivity index (χ0) is 10.5. The van der Waals surface area contributed by atoms with E-state index < -0.39 is 10.8 Å². The number of nitrogens with one attached hydrogen (secondary N) is 1. The molecule has 1 N–H and O–H groups in total. The average Bonchev–Trinajstić information content (AvgIpc) is 2.23. The van der Waals surface area contributed by atoms with Crippen LogP contribution in [0.1, 0.15) is 19.3 Å². The summed E-state index contributed by atoms with van der Waals surface area (Å²) in [5.41, 5.74) is 0. The molecule has 2 nitrogen and oxygen atoms in total. The highest BCUT2D eigenvalue weighted by molar-refractivity contribution is 7.85. The van der Waals surface area contributed by atoms with Crippen molar-refractivity contribution >= 4 is 10.8 Å². The molecule has 0 aliphatic heterocycles. The fourth-order valence-electron chi connectivity index (χ4n) is 1.66. The van der Waals surface area contributed by atoms with E-state index in [1.54, 1.807) is 0 Å². The quantitative estimate of drug-likeness (QED) is 0.826. The van der Waals surface area contributed by atoms with Crippen molar-refractivity contribution in [3.05, 3.63) is 30.3 Å². The molecule has 1 unspecified atom stereocenters. The lowest BCUT2D eigenvalue weighted by Crippen LogP contribution is -2.37. The largest absolute Gasteiger partial charge is 0.313 e. The predicted molar refractivity (Wildman–Crippen MR) is 63.4 cm³/mol. The van der Waals surface area contributed by atoms with Gasteiger partial charge in [0.1, 0.15) is 0 Å². The molecule has 0 saturated heterocycles. The molecule has 0 radical (unpaired) electrons. The van der Waals surface area contributed by atoms with Gasteiger partial charge in [0.25, 0.3) is 0 Å². The summed E-state index contributed by atoms with van der Waals surface area (Å²) < 4.78 is 11.8. The summed E-state index contributed by atoms with van der Waals surface area (Å²) in [5.74, 6) is 0.723. The minimum Gasteiger partial charge on any atom is -0.313 e. The average molecular weight is 223 g/mol. The molecular weight excluding hydrogens is 206 g/mol. The van der Waals surface area contributed by atoms with Crippen LogP contribution in [0.25, 0.3) is 0 Å². The van der Waals surface area contributed by atoms with Gasteiger partial charge in [0.05, 0.1) is 10.8 Å². The number of rotatable bonds is 5. The second kappa shape index (κ2) is 5.42. The van der Waals surface area contributed by atoms with E-state index in [1.807, 2.05) is 30.3 Å². The summed E-state index contributed by atoms with van der Waals surface area (Å²) in [4.78, 5) is 0.938. The van der Waals surface area contributed by atoms with E-state index in [4.69, 9.17) is 0 Å². The maximum Gasteiger partial charge on any atom is 0.0542 e. The van der Waals surface area contributed by atoms with Crippen LogP contribution in [0.2, 0.25) is 0 Å². The molecule has 82 valence electrons. The molecule has 0 heterocycles. The normalized spacial score (nSPS) is 18.4. The van der Waals surface area contributed by atoms with Gasteiger partial charge in [0.2, 0.25) is 0 Å². The van der Waals surface area contributed by atoms with Gasteiger partial charge >= 0.3 is 0 Å². The zero-order valence-corrected chi connectivity index (χ0v) is 9.63. The Hall–Kier alpha value is -0.670. The first-order chi connectivity index (χ1) is 7.36. The SMILES string of the molecule is O=S(CCNC1CCC1)c1ccccc1. The summed E-state index contributed by atoms with van der Waals surface area (Å²) >= 11 is 0. The van der Waals surface area contributed by atoms with Crippen LogP contribution >= 0.6 is 0 Å². The predicted octanol–water partition coefficient (Wildman–Crippen LogP) is 1.94. The van der Waals surface area contributed by atoms with E-state index in [-0.39, 0.29) is 0 Å². The van der Waals surface area contributed by atoms with Gasteiger partial charge in [-0.3, -0.25) is 4.21 Å². The van der Waals surface area contributed by atoms with Crippen LogP contribution in [-0.4, -0.2) is 22.5 Å². The van der Waals surface area contributed by atoms with Crippen LogP contribution in [0.5, 0.6) is 0 Å². The maximum absolute atomic E-state index is 11.8. The fraction of sp³-hybridized carbons (Fsp3) is 0.500. The molecule has 0 aromatic heterocycles. The van der Waals surface area contributed by atoms with Gasteiger partial charge < -0.3 is 5.32 Å². The molecule has 3 heteroatoms. The molecule has 0 spiro atoms. The molecule has 1 fully saturated rings. The molecule has 15 heavy (non-hydrogen) atoms. The third kappa shape index (κ3) is 3.14. The lowest BCUT2D eigenvalue weighted by molar-refractivity contribution is 0.347. The molecular formula is C12H17NOS. The van der Waals surface area contributed by atoms with Crippen molar-refractivity contribution in [2.24, 2.45) is 0 Å². The van der Waals surface area contributed by atoms with Gasteiger partial charge in [0.15, 0.2) is 0 Å². The lowest BCUT2D eigenvalue weighted by Gasteiger charge is -2.26. The van der Waals surface area contributed by atoms with Crippen LogP contribution in [0.4, 0.5) is 0 Å².